The average Bonchev–Trinajstić information content (AvgIpc) is 3.17. The van der Waals surface area contributed by atoms with Crippen molar-refractivity contribution in [1.82, 2.24) is 10.6 Å². The fourth-order valence-electron chi connectivity index (χ4n) is 3.69. The third-order valence-corrected chi connectivity index (χ3v) is 5.02. The van der Waals surface area contributed by atoms with Gasteiger partial charge < -0.3 is 10.6 Å². The molecule has 17 heavy (non-hydrogen) atoms. The number of carbonyl (C=O) groups is 1. The molecule has 0 aromatic carbocycles. The van der Waals surface area contributed by atoms with E-state index in [2.05, 4.69) is 10.6 Å². The first kappa shape index (κ1) is 11.5. The first-order chi connectivity index (χ1) is 8.30. The van der Waals surface area contributed by atoms with Gasteiger partial charge in [-0.15, -0.1) is 0 Å². The number of hydrogen-bond acceptors (Lipinski definition) is 2. The molecule has 1 spiro atoms. The van der Waals surface area contributed by atoms with Crippen molar-refractivity contribution in [3.8, 4) is 0 Å². The molecule has 1 amide bonds. The number of rotatable bonds is 2. The van der Waals surface area contributed by atoms with Crippen LogP contribution in [0.15, 0.2) is 0 Å². The fraction of sp³-hybridized carbons (Fsp3) is 0.929. The predicted octanol–water partition coefficient (Wildman–Crippen LogP) is 1.82. The van der Waals surface area contributed by atoms with Gasteiger partial charge in [0.15, 0.2) is 0 Å². The van der Waals surface area contributed by atoms with Gasteiger partial charge in [0, 0.05) is 12.0 Å². The largest absolute Gasteiger partial charge is 0.353 e. The molecule has 2 saturated carbocycles. The van der Waals surface area contributed by atoms with E-state index in [-0.39, 0.29) is 0 Å². The Morgan fingerprint density at radius 1 is 1.06 bits per heavy atom. The molecule has 2 aliphatic carbocycles. The zero-order valence-corrected chi connectivity index (χ0v) is 10.6. The van der Waals surface area contributed by atoms with Crippen LogP contribution in [0.3, 0.4) is 0 Å². The molecular formula is C14H24N2O. The number of piperidine rings is 1. The zero-order valence-electron chi connectivity index (χ0n) is 10.6. The van der Waals surface area contributed by atoms with E-state index in [0.717, 1.165) is 25.9 Å². The lowest BCUT2D eigenvalue weighted by Gasteiger charge is -2.47. The highest BCUT2D eigenvalue weighted by atomic mass is 16.2. The van der Waals surface area contributed by atoms with E-state index in [1.807, 2.05) is 0 Å². The number of hydrogen-bond donors (Lipinski definition) is 2. The van der Waals surface area contributed by atoms with Crippen molar-refractivity contribution in [1.29, 1.82) is 0 Å². The Morgan fingerprint density at radius 3 is 2.53 bits per heavy atom. The van der Waals surface area contributed by atoms with E-state index in [9.17, 15) is 4.79 Å². The van der Waals surface area contributed by atoms with E-state index in [1.54, 1.807) is 0 Å². The molecule has 0 aromatic heterocycles. The van der Waals surface area contributed by atoms with Gasteiger partial charge >= 0.3 is 0 Å². The third kappa shape index (κ3) is 2.35. The molecule has 3 fully saturated rings. The summed E-state index contributed by atoms with van der Waals surface area (Å²) in [5, 5.41) is 6.83. The van der Waals surface area contributed by atoms with Gasteiger partial charge in [-0.05, 0) is 57.0 Å². The second-order valence-corrected chi connectivity index (χ2v) is 6.19. The Balaban J connectivity index is 1.67. The van der Waals surface area contributed by atoms with E-state index >= 15 is 0 Å². The van der Waals surface area contributed by atoms with Crippen LogP contribution < -0.4 is 10.6 Å². The van der Waals surface area contributed by atoms with Crippen molar-refractivity contribution < 1.29 is 4.79 Å². The summed E-state index contributed by atoms with van der Waals surface area (Å²) in [6.07, 6.45) is 9.93. The normalized spacial score (nSPS) is 32.4. The molecule has 3 heteroatoms. The topological polar surface area (TPSA) is 41.1 Å². The Kier molecular flexibility index (Phi) is 3.12. The molecule has 1 atom stereocenters. The number of carbonyl (C=O) groups excluding carboxylic acids is 1. The van der Waals surface area contributed by atoms with Gasteiger partial charge in [0.1, 0.15) is 0 Å². The average molecular weight is 236 g/mol. The fourth-order valence-corrected chi connectivity index (χ4v) is 3.69. The standard InChI is InChI=1S/C14H24N2O/c17-13(11-4-5-11)16-12-3-1-2-6-14(12)7-9-15-10-8-14/h11-12,15H,1-10H2,(H,16,17). The van der Waals surface area contributed by atoms with Crippen LogP contribution >= 0.6 is 0 Å². The summed E-state index contributed by atoms with van der Waals surface area (Å²) in [6.45, 7) is 2.27. The minimum Gasteiger partial charge on any atom is -0.353 e. The van der Waals surface area contributed by atoms with Crippen molar-refractivity contribution in [2.75, 3.05) is 13.1 Å². The van der Waals surface area contributed by atoms with E-state index in [1.165, 1.54) is 38.5 Å². The molecular weight excluding hydrogens is 212 g/mol. The summed E-state index contributed by atoms with van der Waals surface area (Å²) in [4.78, 5) is 12.0. The van der Waals surface area contributed by atoms with Gasteiger partial charge in [0.05, 0.1) is 0 Å². The maximum absolute atomic E-state index is 12.0. The minimum atomic E-state index is 0.342. The summed E-state index contributed by atoms with van der Waals surface area (Å²) >= 11 is 0. The van der Waals surface area contributed by atoms with Gasteiger partial charge in [-0.25, -0.2) is 0 Å². The van der Waals surface area contributed by atoms with Crippen molar-refractivity contribution in [3.05, 3.63) is 0 Å². The molecule has 96 valence electrons. The zero-order chi connectivity index (χ0) is 11.7. The molecule has 3 aliphatic rings. The first-order valence-corrected chi connectivity index (χ1v) is 7.31. The summed E-state index contributed by atoms with van der Waals surface area (Å²) in [6, 6.07) is 0.464. The van der Waals surface area contributed by atoms with Crippen molar-refractivity contribution in [2.24, 2.45) is 11.3 Å². The SMILES string of the molecule is O=C(NC1CCCCC12CCNCC2)C1CC1. The van der Waals surface area contributed by atoms with E-state index in [0.29, 0.717) is 23.3 Å². The van der Waals surface area contributed by atoms with Crippen molar-refractivity contribution in [3.63, 3.8) is 0 Å². The molecule has 1 unspecified atom stereocenters. The second-order valence-electron chi connectivity index (χ2n) is 6.19. The van der Waals surface area contributed by atoms with Crippen LogP contribution in [0.25, 0.3) is 0 Å². The van der Waals surface area contributed by atoms with Crippen LogP contribution in [0.4, 0.5) is 0 Å². The van der Waals surface area contributed by atoms with Gasteiger partial charge in [0.25, 0.3) is 0 Å². The molecule has 1 heterocycles. The Labute approximate surface area is 104 Å². The van der Waals surface area contributed by atoms with Crippen LogP contribution in [0, 0.1) is 11.3 Å². The summed E-state index contributed by atoms with van der Waals surface area (Å²) in [5.74, 6) is 0.700. The highest BCUT2D eigenvalue weighted by molar-refractivity contribution is 5.81. The lowest BCUT2D eigenvalue weighted by molar-refractivity contribution is -0.124. The Hall–Kier alpha value is -0.570. The predicted molar refractivity (Wildman–Crippen MR) is 67.7 cm³/mol. The molecule has 0 radical (unpaired) electrons. The highest BCUT2D eigenvalue weighted by Crippen LogP contribution is 2.44. The molecule has 1 saturated heterocycles. The molecule has 2 N–H and O–H groups in total. The van der Waals surface area contributed by atoms with Gasteiger partial charge in [-0.2, -0.15) is 0 Å². The van der Waals surface area contributed by atoms with Crippen LogP contribution in [-0.2, 0) is 4.79 Å². The number of amides is 1. The summed E-state index contributed by atoms with van der Waals surface area (Å²) in [5.41, 5.74) is 0.425. The van der Waals surface area contributed by atoms with Crippen LogP contribution in [0.2, 0.25) is 0 Å². The monoisotopic (exact) mass is 236 g/mol. The van der Waals surface area contributed by atoms with Crippen molar-refractivity contribution >= 4 is 5.91 Å². The quantitative estimate of drug-likeness (QED) is 0.768. The van der Waals surface area contributed by atoms with E-state index in [4.69, 9.17) is 0 Å². The smallest absolute Gasteiger partial charge is 0.223 e. The number of nitrogens with one attached hydrogen (secondary N) is 2. The Bertz CT molecular complexity index is 284. The lowest BCUT2D eigenvalue weighted by Crippen LogP contribution is -2.54. The van der Waals surface area contributed by atoms with Gasteiger partial charge in [0.2, 0.25) is 5.91 Å². The van der Waals surface area contributed by atoms with Gasteiger partial charge in [-0.1, -0.05) is 12.8 Å². The highest BCUT2D eigenvalue weighted by Gasteiger charge is 2.43. The first-order valence-electron chi connectivity index (χ1n) is 7.31. The third-order valence-electron chi connectivity index (χ3n) is 5.02. The van der Waals surface area contributed by atoms with Gasteiger partial charge in [-0.3, -0.25) is 4.79 Å². The van der Waals surface area contributed by atoms with Crippen molar-refractivity contribution in [2.45, 2.75) is 57.4 Å². The maximum Gasteiger partial charge on any atom is 0.223 e. The molecule has 1 aliphatic heterocycles. The minimum absolute atomic E-state index is 0.342. The van der Waals surface area contributed by atoms with Crippen LogP contribution in [0.1, 0.15) is 51.4 Å². The van der Waals surface area contributed by atoms with E-state index < -0.39 is 0 Å². The maximum atomic E-state index is 12.0. The molecule has 0 aromatic rings. The molecule has 0 bridgehead atoms. The Morgan fingerprint density at radius 2 is 1.82 bits per heavy atom. The lowest BCUT2D eigenvalue weighted by atomic mass is 9.65. The summed E-state index contributed by atoms with van der Waals surface area (Å²) in [7, 11) is 0. The molecule has 3 nitrogen and oxygen atoms in total. The van der Waals surface area contributed by atoms with Crippen LogP contribution in [-0.4, -0.2) is 25.0 Å². The second kappa shape index (κ2) is 4.60. The summed E-state index contributed by atoms with van der Waals surface area (Å²) < 4.78 is 0. The molecule has 3 rings (SSSR count). The van der Waals surface area contributed by atoms with Crippen LogP contribution in [0.5, 0.6) is 0 Å².